The molecule has 0 N–H and O–H groups in total. The lowest BCUT2D eigenvalue weighted by Crippen LogP contribution is -2.49. The van der Waals surface area contributed by atoms with E-state index in [1.54, 1.807) is 18.5 Å². The molecule has 0 radical (unpaired) electrons. The summed E-state index contributed by atoms with van der Waals surface area (Å²) in [5.74, 6) is 1.50. The van der Waals surface area contributed by atoms with Crippen LogP contribution in [0.3, 0.4) is 0 Å². The third-order valence-electron chi connectivity index (χ3n) is 5.53. The summed E-state index contributed by atoms with van der Waals surface area (Å²) >= 11 is 0. The number of hydrogen-bond acceptors (Lipinski definition) is 4. The molecule has 24 heavy (non-hydrogen) atoms. The minimum atomic E-state index is 0.153. The molecule has 0 unspecified atom stereocenters. The second-order valence-electron chi connectivity index (χ2n) is 7.61. The van der Waals surface area contributed by atoms with Crippen LogP contribution in [0, 0.1) is 11.8 Å². The molecule has 2 aliphatic heterocycles. The predicted molar refractivity (Wildman–Crippen MR) is 93.4 cm³/mol. The van der Waals surface area contributed by atoms with Gasteiger partial charge in [0.15, 0.2) is 0 Å². The first-order valence-electron chi connectivity index (χ1n) is 8.99. The van der Waals surface area contributed by atoms with Crippen LogP contribution in [-0.4, -0.2) is 22.6 Å². The van der Waals surface area contributed by atoms with Gasteiger partial charge in [-0.2, -0.15) is 0 Å². The molecule has 1 fully saturated rings. The molecule has 1 saturated heterocycles. The molecule has 2 aromatic rings. The SMILES string of the molecule is CC(C)CC[C@H]1[C@H]2C[C@H](CN(c3ncco3)C2)c2cccc(=O)n21. The highest BCUT2D eigenvalue weighted by atomic mass is 16.4. The normalized spacial score (nSPS) is 25.8. The van der Waals surface area contributed by atoms with Crippen LogP contribution < -0.4 is 10.5 Å². The van der Waals surface area contributed by atoms with Gasteiger partial charge >= 0.3 is 0 Å². The zero-order valence-electron chi connectivity index (χ0n) is 14.4. The van der Waals surface area contributed by atoms with Crippen LogP contribution in [0.25, 0.3) is 0 Å². The number of hydrogen-bond donors (Lipinski definition) is 0. The van der Waals surface area contributed by atoms with Crippen LogP contribution in [0.1, 0.15) is 50.8 Å². The number of nitrogens with zero attached hydrogens (tertiary/aromatic N) is 3. The van der Waals surface area contributed by atoms with E-state index < -0.39 is 0 Å². The van der Waals surface area contributed by atoms with Crippen LogP contribution in [-0.2, 0) is 0 Å². The molecule has 2 bridgehead atoms. The minimum absolute atomic E-state index is 0.153. The average Bonchev–Trinajstić information content (AvgIpc) is 3.09. The van der Waals surface area contributed by atoms with Crippen molar-refractivity contribution in [1.82, 2.24) is 9.55 Å². The fourth-order valence-electron chi connectivity index (χ4n) is 4.44. The van der Waals surface area contributed by atoms with Crippen LogP contribution in [0.2, 0.25) is 0 Å². The fraction of sp³-hybridized carbons (Fsp3) is 0.579. The van der Waals surface area contributed by atoms with E-state index in [1.165, 1.54) is 5.69 Å². The van der Waals surface area contributed by atoms with Gasteiger partial charge in [-0.05, 0) is 37.2 Å². The highest BCUT2D eigenvalue weighted by Crippen LogP contribution is 2.43. The molecule has 4 rings (SSSR count). The first kappa shape index (κ1) is 15.5. The molecule has 0 spiro atoms. The van der Waals surface area contributed by atoms with Crippen molar-refractivity contribution in [2.45, 2.75) is 45.1 Å². The van der Waals surface area contributed by atoms with E-state index in [2.05, 4.69) is 34.4 Å². The third kappa shape index (κ3) is 2.66. The van der Waals surface area contributed by atoms with E-state index in [4.69, 9.17) is 4.42 Å². The summed E-state index contributed by atoms with van der Waals surface area (Å²) in [6, 6.07) is 6.73. The van der Waals surface area contributed by atoms with Gasteiger partial charge in [-0.3, -0.25) is 4.79 Å². The van der Waals surface area contributed by atoms with E-state index in [-0.39, 0.29) is 11.6 Å². The summed E-state index contributed by atoms with van der Waals surface area (Å²) in [5, 5.41) is 0. The van der Waals surface area contributed by atoms with Crippen LogP contribution in [0.5, 0.6) is 0 Å². The fourth-order valence-corrected chi connectivity index (χ4v) is 4.44. The maximum Gasteiger partial charge on any atom is 0.297 e. The molecule has 3 atom stereocenters. The Hall–Kier alpha value is -2.04. The molecular weight excluding hydrogens is 302 g/mol. The van der Waals surface area contributed by atoms with Gasteiger partial charge < -0.3 is 13.9 Å². The van der Waals surface area contributed by atoms with Gasteiger partial charge in [0.2, 0.25) is 0 Å². The number of rotatable bonds is 4. The molecule has 5 heteroatoms. The molecular formula is C19H25N3O2. The van der Waals surface area contributed by atoms with Crippen molar-refractivity contribution in [1.29, 1.82) is 0 Å². The average molecular weight is 327 g/mol. The monoisotopic (exact) mass is 327 g/mol. The van der Waals surface area contributed by atoms with Crippen molar-refractivity contribution in [3.8, 4) is 0 Å². The molecule has 0 amide bonds. The van der Waals surface area contributed by atoms with Gasteiger partial charge in [0.1, 0.15) is 6.26 Å². The minimum Gasteiger partial charge on any atom is -0.432 e. The van der Waals surface area contributed by atoms with Crippen molar-refractivity contribution in [2.75, 3.05) is 18.0 Å². The van der Waals surface area contributed by atoms with Crippen LogP contribution >= 0.6 is 0 Å². The lowest BCUT2D eigenvalue weighted by Gasteiger charge is -2.46. The maximum atomic E-state index is 12.6. The van der Waals surface area contributed by atoms with Crippen molar-refractivity contribution in [2.24, 2.45) is 11.8 Å². The Morgan fingerprint density at radius 2 is 2.21 bits per heavy atom. The Bertz CT molecular complexity index is 750. The number of aromatic nitrogens is 2. The Balaban J connectivity index is 1.71. The largest absolute Gasteiger partial charge is 0.432 e. The van der Waals surface area contributed by atoms with E-state index in [0.717, 1.165) is 32.4 Å². The summed E-state index contributed by atoms with van der Waals surface area (Å²) in [6.45, 7) is 6.29. The summed E-state index contributed by atoms with van der Waals surface area (Å²) in [7, 11) is 0. The lowest BCUT2D eigenvalue weighted by atomic mass is 9.77. The Labute approximate surface area is 142 Å². The molecule has 128 valence electrons. The summed E-state index contributed by atoms with van der Waals surface area (Å²) in [5.41, 5.74) is 1.34. The number of piperidine rings is 1. The second-order valence-corrected chi connectivity index (χ2v) is 7.61. The predicted octanol–water partition coefficient (Wildman–Crippen LogP) is 3.44. The number of pyridine rings is 1. The van der Waals surface area contributed by atoms with Gasteiger partial charge in [0.25, 0.3) is 11.6 Å². The van der Waals surface area contributed by atoms with E-state index in [1.807, 2.05) is 6.07 Å². The quantitative estimate of drug-likeness (QED) is 0.863. The van der Waals surface area contributed by atoms with E-state index >= 15 is 0 Å². The zero-order chi connectivity index (χ0) is 16.7. The van der Waals surface area contributed by atoms with Gasteiger partial charge in [-0.1, -0.05) is 19.9 Å². The molecule has 5 nitrogen and oxygen atoms in total. The van der Waals surface area contributed by atoms with Crippen molar-refractivity contribution >= 4 is 6.01 Å². The zero-order valence-corrected chi connectivity index (χ0v) is 14.4. The van der Waals surface area contributed by atoms with Crippen molar-refractivity contribution < 1.29 is 4.42 Å². The van der Waals surface area contributed by atoms with Crippen LogP contribution in [0.15, 0.2) is 39.9 Å². The molecule has 0 aliphatic carbocycles. The molecule has 2 aliphatic rings. The van der Waals surface area contributed by atoms with Crippen LogP contribution in [0.4, 0.5) is 6.01 Å². The van der Waals surface area contributed by atoms with Gasteiger partial charge in [0, 0.05) is 36.8 Å². The molecule has 0 saturated carbocycles. The highest BCUT2D eigenvalue weighted by Gasteiger charge is 2.41. The lowest BCUT2D eigenvalue weighted by molar-refractivity contribution is 0.191. The number of fused-ring (bicyclic) bond motifs is 4. The van der Waals surface area contributed by atoms with E-state index in [0.29, 0.717) is 23.8 Å². The summed E-state index contributed by atoms with van der Waals surface area (Å²) in [6.07, 6.45) is 6.70. The second kappa shape index (κ2) is 6.11. The number of oxazole rings is 1. The smallest absolute Gasteiger partial charge is 0.297 e. The topological polar surface area (TPSA) is 51.3 Å². The van der Waals surface area contributed by atoms with Gasteiger partial charge in [0.05, 0.1) is 6.20 Å². The maximum absolute atomic E-state index is 12.6. The summed E-state index contributed by atoms with van der Waals surface area (Å²) in [4.78, 5) is 19.2. The van der Waals surface area contributed by atoms with Gasteiger partial charge in [-0.15, -0.1) is 0 Å². The third-order valence-corrected chi connectivity index (χ3v) is 5.53. The first-order chi connectivity index (χ1) is 11.6. The van der Waals surface area contributed by atoms with E-state index in [9.17, 15) is 4.79 Å². The Kier molecular flexibility index (Phi) is 3.94. The Morgan fingerprint density at radius 3 is 2.96 bits per heavy atom. The Morgan fingerprint density at radius 1 is 1.33 bits per heavy atom. The highest BCUT2D eigenvalue weighted by molar-refractivity contribution is 5.31. The molecule has 2 aromatic heterocycles. The van der Waals surface area contributed by atoms with Crippen molar-refractivity contribution in [3.63, 3.8) is 0 Å². The number of anilines is 1. The van der Waals surface area contributed by atoms with Gasteiger partial charge in [-0.25, -0.2) is 4.98 Å². The molecule has 0 aromatic carbocycles. The standard InChI is InChI=1S/C19H25N3O2/c1-13(2)6-7-17-15-10-14(16-4-3-5-18(23)22(16)17)11-21(12-15)19-20-8-9-24-19/h3-5,8-9,13-15,17H,6-7,10-12H2,1-2H3/t14-,15+,17+/m1/s1. The van der Waals surface area contributed by atoms with Crippen molar-refractivity contribution in [3.05, 3.63) is 46.7 Å². The summed E-state index contributed by atoms with van der Waals surface area (Å²) < 4.78 is 7.62. The molecule has 4 heterocycles. The first-order valence-corrected chi connectivity index (χ1v) is 8.99.